The van der Waals surface area contributed by atoms with Crippen LogP contribution in [-0.2, 0) is 17.9 Å². The normalized spacial score (nSPS) is 15.7. The van der Waals surface area contributed by atoms with E-state index in [-0.39, 0.29) is 24.2 Å². The van der Waals surface area contributed by atoms with Gasteiger partial charge in [-0.15, -0.1) is 12.4 Å². The summed E-state index contributed by atoms with van der Waals surface area (Å²) >= 11 is 0. The van der Waals surface area contributed by atoms with E-state index in [1.54, 1.807) is 0 Å². The number of carbonyl (C=O) groups is 1. The summed E-state index contributed by atoms with van der Waals surface area (Å²) in [5.41, 5.74) is 9.68. The monoisotopic (exact) mass is 416 g/mol. The average Bonchev–Trinajstić information content (AvgIpc) is 2.73. The van der Waals surface area contributed by atoms with Crippen LogP contribution in [0, 0.1) is 5.92 Å². The Kier molecular flexibility index (Phi) is 8.96. The zero-order valence-corrected chi connectivity index (χ0v) is 18.2. The Bertz CT molecular complexity index is 760. The van der Waals surface area contributed by atoms with Crippen molar-refractivity contribution in [1.82, 2.24) is 10.2 Å². The lowest BCUT2D eigenvalue weighted by Crippen LogP contribution is -2.46. The van der Waals surface area contributed by atoms with E-state index in [4.69, 9.17) is 5.73 Å². The summed E-state index contributed by atoms with van der Waals surface area (Å²) in [5.74, 6) is 0.0532. The van der Waals surface area contributed by atoms with Crippen molar-refractivity contribution < 1.29 is 4.79 Å². The second-order valence-corrected chi connectivity index (χ2v) is 7.86. The van der Waals surface area contributed by atoms with E-state index in [0.717, 1.165) is 38.3 Å². The van der Waals surface area contributed by atoms with Crippen molar-refractivity contribution in [3.63, 3.8) is 0 Å². The van der Waals surface area contributed by atoms with Crippen LogP contribution in [-0.4, -0.2) is 43.0 Å². The highest BCUT2D eigenvalue weighted by Crippen LogP contribution is 2.18. The van der Waals surface area contributed by atoms with Crippen molar-refractivity contribution in [2.24, 2.45) is 11.7 Å². The lowest BCUT2D eigenvalue weighted by atomic mass is 10.0. The fraction of sp³-hybridized carbons (Fsp3) is 0.435. The molecule has 0 spiro atoms. The standard InChI is InChI=1S/C23H32N4O.ClH/c1-18(2)22(24)23(28)25-16-19-8-6-7-9-20(19)17-26-12-14-27(15-13-26)21-10-4-3-5-11-21;/h3-11,18,22H,12-17,24H2,1-2H3,(H,25,28);1H/t22-;/m0./s1. The number of anilines is 1. The SMILES string of the molecule is CC(C)[C@H](N)C(=O)NCc1ccccc1CN1CCN(c2ccccc2)CC1.Cl. The number of hydrogen-bond donors (Lipinski definition) is 2. The van der Waals surface area contributed by atoms with Gasteiger partial charge in [0.25, 0.3) is 0 Å². The minimum atomic E-state index is -0.460. The van der Waals surface area contributed by atoms with E-state index >= 15 is 0 Å². The van der Waals surface area contributed by atoms with Gasteiger partial charge in [0.2, 0.25) is 5.91 Å². The van der Waals surface area contributed by atoms with Gasteiger partial charge in [-0.05, 0) is 29.2 Å². The van der Waals surface area contributed by atoms with Crippen LogP contribution in [0.2, 0.25) is 0 Å². The molecule has 1 fully saturated rings. The molecule has 1 aliphatic heterocycles. The molecule has 158 valence electrons. The summed E-state index contributed by atoms with van der Waals surface area (Å²) in [6, 6.07) is 18.5. The highest BCUT2D eigenvalue weighted by Gasteiger charge is 2.19. The van der Waals surface area contributed by atoms with Crippen molar-refractivity contribution >= 4 is 24.0 Å². The molecule has 1 amide bonds. The molecule has 3 rings (SSSR count). The molecule has 1 atom stereocenters. The lowest BCUT2D eigenvalue weighted by Gasteiger charge is -2.36. The van der Waals surface area contributed by atoms with Crippen LogP contribution in [0.15, 0.2) is 54.6 Å². The molecule has 29 heavy (non-hydrogen) atoms. The maximum atomic E-state index is 12.2. The smallest absolute Gasteiger partial charge is 0.237 e. The number of nitrogens with zero attached hydrogens (tertiary/aromatic N) is 2. The van der Waals surface area contributed by atoms with E-state index in [1.165, 1.54) is 11.3 Å². The molecule has 1 aliphatic rings. The first-order chi connectivity index (χ1) is 13.5. The van der Waals surface area contributed by atoms with Gasteiger partial charge >= 0.3 is 0 Å². The molecule has 5 nitrogen and oxygen atoms in total. The molecule has 0 saturated carbocycles. The van der Waals surface area contributed by atoms with E-state index < -0.39 is 6.04 Å². The number of nitrogens with one attached hydrogen (secondary N) is 1. The van der Waals surface area contributed by atoms with Gasteiger partial charge in [-0.3, -0.25) is 9.69 Å². The predicted molar refractivity (Wildman–Crippen MR) is 122 cm³/mol. The number of carbonyl (C=O) groups excluding carboxylic acids is 1. The minimum Gasteiger partial charge on any atom is -0.369 e. The van der Waals surface area contributed by atoms with Gasteiger partial charge in [-0.1, -0.05) is 56.3 Å². The summed E-state index contributed by atoms with van der Waals surface area (Å²) in [6.07, 6.45) is 0. The molecule has 1 heterocycles. The Morgan fingerprint density at radius 3 is 2.17 bits per heavy atom. The van der Waals surface area contributed by atoms with Crippen LogP contribution in [0.4, 0.5) is 5.69 Å². The Balaban J connectivity index is 0.00000300. The Morgan fingerprint density at radius 1 is 0.966 bits per heavy atom. The lowest BCUT2D eigenvalue weighted by molar-refractivity contribution is -0.123. The third-order valence-electron chi connectivity index (χ3n) is 5.48. The molecule has 0 aliphatic carbocycles. The van der Waals surface area contributed by atoms with Gasteiger partial charge in [0, 0.05) is 45.0 Å². The predicted octanol–water partition coefficient (Wildman–Crippen LogP) is 3.03. The van der Waals surface area contributed by atoms with Crippen molar-refractivity contribution in [2.45, 2.75) is 33.0 Å². The molecule has 3 N–H and O–H groups in total. The molecule has 6 heteroatoms. The van der Waals surface area contributed by atoms with E-state index in [2.05, 4.69) is 63.6 Å². The van der Waals surface area contributed by atoms with Crippen molar-refractivity contribution in [1.29, 1.82) is 0 Å². The number of rotatable bonds is 7. The van der Waals surface area contributed by atoms with Crippen LogP contribution < -0.4 is 16.0 Å². The fourth-order valence-electron chi connectivity index (χ4n) is 3.53. The maximum Gasteiger partial charge on any atom is 0.237 e. The number of para-hydroxylation sites is 1. The van der Waals surface area contributed by atoms with Gasteiger partial charge in [0.1, 0.15) is 0 Å². The molecule has 2 aromatic carbocycles. The van der Waals surface area contributed by atoms with Crippen LogP contribution in [0.3, 0.4) is 0 Å². The topological polar surface area (TPSA) is 61.6 Å². The number of amides is 1. The van der Waals surface area contributed by atoms with Crippen molar-refractivity contribution in [3.05, 3.63) is 65.7 Å². The molecular formula is C23H33ClN4O. The largest absolute Gasteiger partial charge is 0.369 e. The highest BCUT2D eigenvalue weighted by molar-refractivity contribution is 5.85. The van der Waals surface area contributed by atoms with Crippen LogP contribution >= 0.6 is 12.4 Å². The van der Waals surface area contributed by atoms with Gasteiger partial charge in [0.05, 0.1) is 6.04 Å². The summed E-state index contributed by atoms with van der Waals surface area (Å²) < 4.78 is 0. The first kappa shape index (κ1) is 23.2. The zero-order chi connectivity index (χ0) is 19.9. The van der Waals surface area contributed by atoms with Crippen molar-refractivity contribution in [2.75, 3.05) is 31.1 Å². The van der Waals surface area contributed by atoms with E-state index in [1.807, 2.05) is 19.9 Å². The second kappa shape index (κ2) is 11.2. The van der Waals surface area contributed by atoms with E-state index in [9.17, 15) is 4.79 Å². The van der Waals surface area contributed by atoms with Gasteiger partial charge in [-0.2, -0.15) is 0 Å². The molecule has 0 unspecified atom stereocenters. The van der Waals surface area contributed by atoms with Crippen LogP contribution in [0.25, 0.3) is 0 Å². The molecular weight excluding hydrogens is 384 g/mol. The fourth-order valence-corrected chi connectivity index (χ4v) is 3.53. The maximum absolute atomic E-state index is 12.2. The van der Waals surface area contributed by atoms with E-state index in [0.29, 0.717) is 6.54 Å². The summed E-state index contributed by atoms with van der Waals surface area (Å²) in [5, 5.41) is 3.00. The number of piperazine rings is 1. The first-order valence-corrected chi connectivity index (χ1v) is 10.2. The van der Waals surface area contributed by atoms with Gasteiger partial charge in [0.15, 0.2) is 0 Å². The number of benzene rings is 2. The summed E-state index contributed by atoms with van der Waals surface area (Å²) in [7, 11) is 0. The van der Waals surface area contributed by atoms with Crippen LogP contribution in [0.1, 0.15) is 25.0 Å². The molecule has 0 bridgehead atoms. The summed E-state index contributed by atoms with van der Waals surface area (Å²) in [6.45, 7) is 9.50. The number of halogens is 1. The molecule has 0 radical (unpaired) electrons. The third kappa shape index (κ3) is 6.46. The highest BCUT2D eigenvalue weighted by atomic mass is 35.5. The second-order valence-electron chi connectivity index (χ2n) is 7.86. The molecule has 1 saturated heterocycles. The Morgan fingerprint density at radius 2 is 1.55 bits per heavy atom. The average molecular weight is 417 g/mol. The van der Waals surface area contributed by atoms with Gasteiger partial charge in [-0.25, -0.2) is 0 Å². The molecule has 2 aromatic rings. The minimum absolute atomic E-state index is 0. The van der Waals surface area contributed by atoms with Gasteiger partial charge < -0.3 is 16.0 Å². The zero-order valence-electron chi connectivity index (χ0n) is 17.4. The summed E-state index contributed by atoms with van der Waals surface area (Å²) in [4.78, 5) is 17.1. The number of nitrogens with two attached hydrogens (primary N) is 1. The van der Waals surface area contributed by atoms with Crippen LogP contribution in [0.5, 0.6) is 0 Å². The Hall–Kier alpha value is -2.08. The van der Waals surface area contributed by atoms with Crippen molar-refractivity contribution in [3.8, 4) is 0 Å². The quantitative estimate of drug-likeness (QED) is 0.728. The Labute approximate surface area is 180 Å². The third-order valence-corrected chi connectivity index (χ3v) is 5.48. The molecule has 0 aromatic heterocycles. The number of hydrogen-bond acceptors (Lipinski definition) is 4. The first-order valence-electron chi connectivity index (χ1n) is 10.2.